The van der Waals surface area contributed by atoms with Crippen molar-refractivity contribution in [3.63, 3.8) is 0 Å². The summed E-state index contributed by atoms with van der Waals surface area (Å²) in [4.78, 5) is 87.7. The van der Waals surface area contributed by atoms with Crippen LogP contribution in [0.25, 0.3) is 0 Å². The average molecular weight is 735 g/mol. The van der Waals surface area contributed by atoms with Crippen LogP contribution in [0.15, 0.2) is 0 Å². The van der Waals surface area contributed by atoms with Gasteiger partial charge >= 0.3 is 41.8 Å². The fraction of sp³-hybridized carbons (Fsp3) is 0.788. The van der Waals surface area contributed by atoms with Crippen LogP contribution in [0, 0.1) is 0 Å². The minimum absolute atomic E-state index is 0.0285. The molecular weight excluding hydrogens is 684 g/mol. The van der Waals surface area contributed by atoms with E-state index in [4.69, 9.17) is 47.4 Å². The maximum absolute atomic E-state index is 12.8. The van der Waals surface area contributed by atoms with Gasteiger partial charge in [0.05, 0.1) is 0 Å². The molecule has 1 N–H and O–H groups in total. The molecule has 2 rings (SSSR count). The molecular formula is C33H50O18. The van der Waals surface area contributed by atoms with Crippen LogP contribution >= 0.6 is 0 Å². The molecule has 51 heavy (non-hydrogen) atoms. The van der Waals surface area contributed by atoms with Crippen molar-refractivity contribution in [2.75, 3.05) is 13.2 Å². The Labute approximate surface area is 295 Å². The number of esters is 7. The molecule has 0 aliphatic carbocycles. The zero-order valence-corrected chi connectivity index (χ0v) is 30.0. The summed E-state index contributed by atoms with van der Waals surface area (Å²) in [5.74, 6) is -5.31. The summed E-state index contributed by atoms with van der Waals surface area (Å²) in [5.41, 5.74) is 0. The van der Waals surface area contributed by atoms with Crippen LogP contribution in [0.5, 0.6) is 0 Å². The Morgan fingerprint density at radius 1 is 0.431 bits per heavy atom. The van der Waals surface area contributed by atoms with Crippen molar-refractivity contribution in [1.29, 1.82) is 0 Å². The molecule has 0 radical (unpaired) electrons. The molecule has 0 unspecified atom stereocenters. The predicted molar refractivity (Wildman–Crippen MR) is 168 cm³/mol. The molecule has 0 aromatic rings. The monoisotopic (exact) mass is 734 g/mol. The summed E-state index contributed by atoms with van der Waals surface area (Å²) in [6, 6.07) is 0. The summed E-state index contributed by atoms with van der Waals surface area (Å²) in [6.07, 6.45) is -17.1. The molecule has 0 aromatic heterocycles. The van der Waals surface area contributed by atoms with Gasteiger partial charge in [-0.1, -0.05) is 48.5 Å². The van der Waals surface area contributed by atoms with Gasteiger partial charge in [-0.25, -0.2) is 0 Å². The van der Waals surface area contributed by atoms with Crippen molar-refractivity contribution < 1.29 is 86.0 Å². The lowest BCUT2D eigenvalue weighted by Gasteiger charge is -2.48. The fourth-order valence-corrected chi connectivity index (χ4v) is 4.86. The van der Waals surface area contributed by atoms with Crippen molar-refractivity contribution in [3.8, 4) is 0 Å². The second-order valence-electron chi connectivity index (χ2n) is 11.3. The van der Waals surface area contributed by atoms with Crippen molar-refractivity contribution in [2.45, 2.75) is 155 Å². The number of hydrogen-bond donors (Lipinski definition) is 1. The first-order chi connectivity index (χ1) is 24.3. The van der Waals surface area contributed by atoms with E-state index in [1.54, 1.807) is 6.92 Å². The van der Waals surface area contributed by atoms with Gasteiger partial charge in [0.2, 0.25) is 0 Å². The minimum Gasteiger partial charge on any atom is -0.463 e. The van der Waals surface area contributed by atoms with Crippen LogP contribution in [0.4, 0.5) is 0 Å². The highest BCUT2D eigenvalue weighted by atomic mass is 16.8. The second kappa shape index (κ2) is 21.5. The zero-order chi connectivity index (χ0) is 38.2. The van der Waals surface area contributed by atoms with E-state index in [1.807, 2.05) is 0 Å². The van der Waals surface area contributed by atoms with Crippen LogP contribution < -0.4 is 0 Å². The van der Waals surface area contributed by atoms with E-state index in [9.17, 15) is 38.7 Å². The molecule has 0 saturated carbocycles. The van der Waals surface area contributed by atoms with Crippen LogP contribution in [0.2, 0.25) is 0 Å². The van der Waals surface area contributed by atoms with E-state index in [0.29, 0.717) is 0 Å². The number of rotatable bonds is 18. The topological polar surface area (TPSA) is 232 Å². The Kier molecular flexibility index (Phi) is 18.2. The van der Waals surface area contributed by atoms with Gasteiger partial charge in [-0.2, -0.15) is 0 Å². The van der Waals surface area contributed by atoms with Gasteiger partial charge in [0.25, 0.3) is 0 Å². The number of ether oxygens (including phenoxy) is 10. The van der Waals surface area contributed by atoms with Gasteiger partial charge in [-0.15, -0.1) is 0 Å². The summed E-state index contributed by atoms with van der Waals surface area (Å²) in [5, 5.41) is 10.9. The second-order valence-corrected chi connectivity index (χ2v) is 11.3. The van der Waals surface area contributed by atoms with E-state index >= 15 is 0 Å². The molecule has 2 fully saturated rings. The normalized spacial score (nSPS) is 28.8. The summed E-state index contributed by atoms with van der Waals surface area (Å²) >= 11 is 0. The van der Waals surface area contributed by atoms with Gasteiger partial charge in [-0.3, -0.25) is 33.6 Å². The molecule has 2 heterocycles. The highest BCUT2D eigenvalue weighted by Gasteiger charge is 2.57. The van der Waals surface area contributed by atoms with Crippen LogP contribution in [0.3, 0.4) is 0 Å². The third kappa shape index (κ3) is 12.7. The molecule has 18 heteroatoms. The lowest BCUT2D eigenvalue weighted by Crippen LogP contribution is -2.67. The first-order valence-electron chi connectivity index (χ1n) is 17.2. The van der Waals surface area contributed by atoms with Crippen molar-refractivity contribution in [3.05, 3.63) is 0 Å². The van der Waals surface area contributed by atoms with E-state index in [2.05, 4.69) is 0 Å². The number of aliphatic hydroxyl groups excluding tert-OH is 1. The highest BCUT2D eigenvalue weighted by Crippen LogP contribution is 2.35. The first-order valence-corrected chi connectivity index (χ1v) is 17.2. The molecule has 290 valence electrons. The Balaban J connectivity index is 2.77. The highest BCUT2D eigenvalue weighted by molar-refractivity contribution is 5.72. The Morgan fingerprint density at radius 3 is 1.18 bits per heavy atom. The van der Waals surface area contributed by atoms with Crippen LogP contribution in [-0.4, -0.2) is 122 Å². The SMILES string of the molecule is CCC(=O)OC[C@H]1O[C@@H](O)[C@H](OC(=O)CC)[C@@H](OC(=O)CC)[C@@H]1O[C@@H]1O[C@H](COC(=O)CC)[C@@H](OC(=O)CC)[C@H](OC(=O)CC)[C@H]1OC(=O)CC. The van der Waals surface area contributed by atoms with E-state index in [0.717, 1.165) is 0 Å². The van der Waals surface area contributed by atoms with Crippen LogP contribution in [-0.2, 0) is 80.9 Å². The molecule has 0 bridgehead atoms. The molecule has 10 atom stereocenters. The van der Waals surface area contributed by atoms with Gasteiger partial charge < -0.3 is 52.5 Å². The van der Waals surface area contributed by atoms with Crippen molar-refractivity contribution >= 4 is 41.8 Å². The van der Waals surface area contributed by atoms with E-state index in [-0.39, 0.29) is 44.9 Å². The van der Waals surface area contributed by atoms with Crippen molar-refractivity contribution in [1.82, 2.24) is 0 Å². The largest absolute Gasteiger partial charge is 0.463 e. The van der Waals surface area contributed by atoms with Gasteiger partial charge in [0, 0.05) is 44.9 Å². The van der Waals surface area contributed by atoms with Crippen molar-refractivity contribution in [2.24, 2.45) is 0 Å². The number of aliphatic hydroxyl groups is 1. The average Bonchev–Trinajstić information content (AvgIpc) is 3.13. The summed E-state index contributed by atoms with van der Waals surface area (Å²) in [6.45, 7) is 9.41. The number of hydrogen-bond acceptors (Lipinski definition) is 18. The lowest BCUT2D eigenvalue weighted by molar-refractivity contribution is -0.357. The minimum atomic E-state index is -1.90. The molecule has 0 aromatic carbocycles. The molecule has 2 aliphatic heterocycles. The molecule has 2 saturated heterocycles. The zero-order valence-electron chi connectivity index (χ0n) is 30.0. The Morgan fingerprint density at radius 2 is 0.765 bits per heavy atom. The molecule has 2 aliphatic rings. The Bertz CT molecular complexity index is 1200. The summed E-state index contributed by atoms with van der Waals surface area (Å²) in [7, 11) is 0. The maximum atomic E-state index is 12.8. The first kappa shape index (κ1) is 43.3. The fourth-order valence-electron chi connectivity index (χ4n) is 4.86. The Hall–Kier alpha value is -3.87. The number of carbonyl (C=O) groups is 7. The van der Waals surface area contributed by atoms with Gasteiger partial charge in [0.1, 0.15) is 31.5 Å². The summed E-state index contributed by atoms with van der Waals surface area (Å²) < 4.78 is 56.8. The number of carbonyl (C=O) groups excluding carboxylic acids is 7. The third-order valence-corrected chi connectivity index (χ3v) is 7.67. The predicted octanol–water partition coefficient (Wildman–Crippen LogP) is 1.33. The van der Waals surface area contributed by atoms with Crippen LogP contribution in [0.1, 0.15) is 93.4 Å². The van der Waals surface area contributed by atoms with E-state index < -0.39 is 116 Å². The molecule has 18 nitrogen and oxygen atoms in total. The molecule has 0 amide bonds. The lowest BCUT2D eigenvalue weighted by atomic mass is 9.96. The maximum Gasteiger partial charge on any atom is 0.306 e. The van der Waals surface area contributed by atoms with Gasteiger partial charge in [-0.05, 0) is 0 Å². The smallest absolute Gasteiger partial charge is 0.306 e. The van der Waals surface area contributed by atoms with Gasteiger partial charge in [0.15, 0.2) is 43.1 Å². The quantitative estimate of drug-likeness (QED) is 0.155. The molecule has 0 spiro atoms. The third-order valence-electron chi connectivity index (χ3n) is 7.67. The van der Waals surface area contributed by atoms with E-state index in [1.165, 1.54) is 41.5 Å². The standard InChI is InChI=1S/C33H50O18/c1-8-19(34)42-15-17-27(28(47-22(37)11-4)30(32(41)44-17)49-24(39)13-6)51-33-31(50-25(40)14-7)29(48-23(38)12-5)26(46-21(36)10-3)18(45-33)16-43-20(35)9-2/h17-18,26-33,41H,8-16H2,1-7H3/t17-,18-,26-,27-,28+,29+,30-,31-,32-,33+/m1/s1.